The summed E-state index contributed by atoms with van der Waals surface area (Å²) < 4.78 is 14.7. The largest absolute Gasteiger partial charge is 0.478 e. The van der Waals surface area contributed by atoms with Gasteiger partial charge in [0.15, 0.2) is 17.3 Å². The molecule has 1 atom stereocenters. The number of hydrogen-bond acceptors (Lipinski definition) is 7. The fraction of sp³-hybridized carbons (Fsp3) is 0.350. The van der Waals surface area contributed by atoms with Crippen LogP contribution in [0.15, 0.2) is 40.2 Å². The summed E-state index contributed by atoms with van der Waals surface area (Å²) in [6, 6.07) is 6.93. The molecule has 1 aliphatic heterocycles. The molecule has 1 aromatic carbocycles. The minimum Gasteiger partial charge on any atom is -0.478 e. The topological polar surface area (TPSA) is 126 Å². The Balaban J connectivity index is 1.34. The molecule has 162 valence electrons. The molecule has 0 saturated carbocycles. The van der Waals surface area contributed by atoms with Crippen LogP contribution in [-0.2, 0) is 35.0 Å². The minimum absolute atomic E-state index is 0.0111. The van der Waals surface area contributed by atoms with Crippen LogP contribution < -0.4 is 21.3 Å². The summed E-state index contributed by atoms with van der Waals surface area (Å²) in [4.78, 5) is 53.4. The van der Waals surface area contributed by atoms with E-state index in [9.17, 15) is 19.2 Å². The number of rotatable bonds is 6. The molecular weight excluding hydrogens is 406 g/mol. The molecule has 3 aromatic rings. The van der Waals surface area contributed by atoms with E-state index >= 15 is 0 Å². The summed E-state index contributed by atoms with van der Waals surface area (Å²) in [6.45, 7) is 0.0659. The number of nitrogens with zero attached hydrogens (tertiary/aromatic N) is 4. The number of aryl methyl sites for hydroxylation is 2. The standard InChI is InChI=1S/C20H21N5O6/c1-23-11-21-17-16(23)19(28)25(20(29)24(17)2)8-5-9-30-15(26)10-14-18(27)22-12-6-3-4-7-13(12)31-14/h3-4,6-7,11,14H,5,8-10H2,1-2H3,(H,22,27). The summed E-state index contributed by atoms with van der Waals surface area (Å²) in [6.07, 6.45) is 0.497. The van der Waals surface area contributed by atoms with Crippen LogP contribution in [-0.4, -0.2) is 43.3 Å². The number of benzene rings is 1. The van der Waals surface area contributed by atoms with Gasteiger partial charge in [0.05, 0.1) is 25.0 Å². The molecule has 11 heteroatoms. The van der Waals surface area contributed by atoms with Gasteiger partial charge in [-0.15, -0.1) is 0 Å². The monoisotopic (exact) mass is 427 g/mol. The van der Waals surface area contributed by atoms with Crippen molar-refractivity contribution >= 4 is 28.7 Å². The first-order valence-corrected chi connectivity index (χ1v) is 9.70. The Bertz CT molecular complexity index is 1290. The number of fused-ring (bicyclic) bond motifs is 2. The molecule has 11 nitrogen and oxygen atoms in total. The highest BCUT2D eigenvalue weighted by atomic mass is 16.5. The summed E-state index contributed by atoms with van der Waals surface area (Å²) in [5, 5.41) is 2.68. The van der Waals surface area contributed by atoms with Gasteiger partial charge in [-0.3, -0.25) is 23.5 Å². The Morgan fingerprint density at radius 2 is 2.00 bits per heavy atom. The van der Waals surface area contributed by atoms with Gasteiger partial charge in [-0.1, -0.05) is 12.1 Å². The third kappa shape index (κ3) is 3.81. The first-order valence-electron chi connectivity index (χ1n) is 9.70. The molecular formula is C20H21N5O6. The number of anilines is 1. The van der Waals surface area contributed by atoms with Crippen LogP contribution in [0.1, 0.15) is 12.8 Å². The third-order valence-electron chi connectivity index (χ3n) is 5.05. The van der Waals surface area contributed by atoms with Gasteiger partial charge < -0.3 is 19.4 Å². The fourth-order valence-corrected chi connectivity index (χ4v) is 3.44. The van der Waals surface area contributed by atoms with Crippen molar-refractivity contribution in [3.63, 3.8) is 0 Å². The summed E-state index contributed by atoms with van der Waals surface area (Å²) in [7, 11) is 3.22. The second-order valence-electron chi connectivity index (χ2n) is 7.20. The Morgan fingerprint density at radius 3 is 2.81 bits per heavy atom. The second-order valence-corrected chi connectivity index (χ2v) is 7.20. The maximum atomic E-state index is 12.6. The van der Waals surface area contributed by atoms with Crippen LogP contribution in [0.5, 0.6) is 5.75 Å². The zero-order valence-electron chi connectivity index (χ0n) is 17.0. The van der Waals surface area contributed by atoms with E-state index in [2.05, 4.69) is 10.3 Å². The van der Waals surface area contributed by atoms with E-state index in [0.29, 0.717) is 22.6 Å². The van der Waals surface area contributed by atoms with Gasteiger partial charge in [-0.05, 0) is 18.6 Å². The highest BCUT2D eigenvalue weighted by Gasteiger charge is 2.30. The second kappa shape index (κ2) is 8.09. The van der Waals surface area contributed by atoms with E-state index in [1.54, 1.807) is 42.9 Å². The summed E-state index contributed by atoms with van der Waals surface area (Å²) in [5.41, 5.74) is 0.241. The lowest BCUT2D eigenvalue weighted by Crippen LogP contribution is -2.40. The number of amides is 1. The lowest BCUT2D eigenvalue weighted by atomic mass is 10.1. The van der Waals surface area contributed by atoms with Crippen LogP contribution in [0.2, 0.25) is 0 Å². The molecule has 0 saturated heterocycles. The van der Waals surface area contributed by atoms with Crippen LogP contribution in [0.4, 0.5) is 5.69 Å². The van der Waals surface area contributed by atoms with E-state index < -0.39 is 29.2 Å². The first kappa shape index (κ1) is 20.4. The van der Waals surface area contributed by atoms with Crippen molar-refractivity contribution in [2.45, 2.75) is 25.5 Å². The number of carbonyl (C=O) groups excluding carboxylic acids is 2. The highest BCUT2D eigenvalue weighted by Crippen LogP contribution is 2.29. The van der Waals surface area contributed by atoms with E-state index in [1.165, 1.54) is 10.9 Å². The number of hydrogen-bond donors (Lipinski definition) is 1. The van der Waals surface area contributed by atoms with Crippen molar-refractivity contribution in [1.82, 2.24) is 18.7 Å². The molecule has 4 rings (SSSR count). The van der Waals surface area contributed by atoms with E-state index in [1.807, 2.05) is 0 Å². The molecule has 1 N–H and O–H groups in total. The first-order chi connectivity index (χ1) is 14.9. The molecule has 31 heavy (non-hydrogen) atoms. The zero-order valence-corrected chi connectivity index (χ0v) is 17.0. The van der Waals surface area contributed by atoms with Crippen molar-refractivity contribution in [1.29, 1.82) is 0 Å². The zero-order chi connectivity index (χ0) is 22.1. The molecule has 3 heterocycles. The normalized spacial score (nSPS) is 15.3. The smallest absolute Gasteiger partial charge is 0.332 e. The number of ether oxygens (including phenoxy) is 2. The molecule has 0 bridgehead atoms. The van der Waals surface area contributed by atoms with Gasteiger partial charge in [0.2, 0.25) is 0 Å². The number of para-hydroxylation sites is 2. The van der Waals surface area contributed by atoms with Crippen LogP contribution in [0.25, 0.3) is 11.2 Å². The third-order valence-corrected chi connectivity index (χ3v) is 5.05. The highest BCUT2D eigenvalue weighted by molar-refractivity contribution is 5.99. The van der Waals surface area contributed by atoms with Gasteiger partial charge in [0, 0.05) is 20.6 Å². The molecule has 1 amide bonds. The van der Waals surface area contributed by atoms with Gasteiger partial charge in [-0.25, -0.2) is 9.78 Å². The Morgan fingerprint density at radius 1 is 1.23 bits per heavy atom. The minimum atomic E-state index is -0.982. The van der Waals surface area contributed by atoms with Crippen LogP contribution >= 0.6 is 0 Å². The predicted molar refractivity (Wildman–Crippen MR) is 110 cm³/mol. The lowest BCUT2D eigenvalue weighted by Gasteiger charge is -2.25. The van der Waals surface area contributed by atoms with Gasteiger partial charge in [0.1, 0.15) is 5.75 Å². The molecule has 1 unspecified atom stereocenters. The Hall–Kier alpha value is -3.89. The van der Waals surface area contributed by atoms with Crippen molar-refractivity contribution in [2.75, 3.05) is 11.9 Å². The van der Waals surface area contributed by atoms with Crippen molar-refractivity contribution in [3.8, 4) is 5.75 Å². The molecule has 2 aromatic heterocycles. The number of esters is 1. The van der Waals surface area contributed by atoms with Crippen LogP contribution in [0.3, 0.4) is 0 Å². The molecule has 0 fully saturated rings. The number of nitrogens with one attached hydrogen (secondary N) is 1. The Kier molecular flexibility index (Phi) is 5.32. The number of carbonyl (C=O) groups is 2. The van der Waals surface area contributed by atoms with Gasteiger partial charge >= 0.3 is 11.7 Å². The van der Waals surface area contributed by atoms with Crippen molar-refractivity contribution < 1.29 is 19.1 Å². The summed E-state index contributed by atoms with van der Waals surface area (Å²) in [5.74, 6) is -0.544. The average molecular weight is 427 g/mol. The molecule has 0 aliphatic carbocycles. The maximum absolute atomic E-state index is 12.6. The summed E-state index contributed by atoms with van der Waals surface area (Å²) >= 11 is 0. The van der Waals surface area contributed by atoms with Crippen LogP contribution in [0, 0.1) is 0 Å². The van der Waals surface area contributed by atoms with E-state index in [0.717, 1.165) is 4.57 Å². The SMILES string of the molecule is Cn1cnc2c1c(=O)n(CCCOC(=O)CC1Oc3ccccc3NC1=O)c(=O)n2C. The predicted octanol–water partition coefficient (Wildman–Crippen LogP) is 0.157. The van der Waals surface area contributed by atoms with E-state index in [-0.39, 0.29) is 26.0 Å². The number of aromatic nitrogens is 4. The van der Waals surface area contributed by atoms with Crippen molar-refractivity contribution in [3.05, 3.63) is 51.4 Å². The van der Waals surface area contributed by atoms with Gasteiger partial charge in [0.25, 0.3) is 11.5 Å². The van der Waals surface area contributed by atoms with Gasteiger partial charge in [-0.2, -0.15) is 0 Å². The van der Waals surface area contributed by atoms with Crippen molar-refractivity contribution in [2.24, 2.45) is 14.1 Å². The molecule has 0 spiro atoms. The fourth-order valence-electron chi connectivity index (χ4n) is 3.44. The maximum Gasteiger partial charge on any atom is 0.332 e. The quantitative estimate of drug-likeness (QED) is 0.438. The lowest BCUT2D eigenvalue weighted by molar-refractivity contribution is -0.148. The average Bonchev–Trinajstić information content (AvgIpc) is 3.14. The Labute approximate surface area is 175 Å². The van der Waals surface area contributed by atoms with E-state index in [4.69, 9.17) is 9.47 Å². The molecule has 1 aliphatic rings. The number of imidazole rings is 1. The molecule has 0 radical (unpaired) electrons.